The number of fused-ring (bicyclic) bond motifs is 1. The minimum atomic E-state index is -0.949. The number of likely N-dealkylation sites (tertiary alicyclic amines) is 1. The van der Waals surface area contributed by atoms with Gasteiger partial charge in [0.15, 0.2) is 0 Å². The molecule has 2 aliphatic rings. The molecule has 2 saturated heterocycles. The first-order valence-electron chi connectivity index (χ1n) is 13.5. The van der Waals surface area contributed by atoms with Crippen molar-refractivity contribution in [3.8, 4) is 5.88 Å². The number of piperidine rings is 1. The molecule has 0 amide bonds. The lowest BCUT2D eigenvalue weighted by atomic mass is 10.1. The second-order valence-corrected chi connectivity index (χ2v) is 10.8. The molecule has 0 saturated carbocycles. The largest absolute Gasteiger partial charge is 0.478 e. The number of halogens is 2. The third-order valence-electron chi connectivity index (χ3n) is 7.61. The second-order valence-electron chi connectivity index (χ2n) is 10.4. The van der Waals surface area contributed by atoms with Crippen LogP contribution in [0.4, 0.5) is 4.39 Å². The first kappa shape index (κ1) is 26.7. The van der Waals surface area contributed by atoms with E-state index < -0.39 is 5.97 Å². The Bertz CT molecular complexity index is 1530. The van der Waals surface area contributed by atoms with Crippen LogP contribution in [0.2, 0.25) is 5.02 Å². The molecule has 2 aliphatic heterocycles. The van der Waals surface area contributed by atoms with Gasteiger partial charge in [-0.05, 0) is 61.2 Å². The molecule has 208 valence electrons. The number of hydrogen-bond acceptors (Lipinski definition) is 6. The summed E-state index contributed by atoms with van der Waals surface area (Å²) < 4.78 is 28.2. The quantitative estimate of drug-likeness (QED) is 0.293. The third kappa shape index (κ3) is 5.96. The highest BCUT2D eigenvalue weighted by molar-refractivity contribution is 6.30. The number of nitrogens with zero attached hydrogens (tertiary/aromatic N) is 4. The number of aromatic nitrogens is 3. The van der Waals surface area contributed by atoms with Crippen LogP contribution in [0, 0.1) is 5.82 Å². The molecule has 4 heterocycles. The highest BCUT2D eigenvalue weighted by Crippen LogP contribution is 2.25. The highest BCUT2D eigenvalue weighted by Gasteiger charge is 2.26. The number of carboxylic acids is 1. The Balaban J connectivity index is 1.09. The van der Waals surface area contributed by atoms with E-state index in [1.807, 2.05) is 18.2 Å². The molecule has 8 nitrogen and oxygen atoms in total. The standard InChI is InChI=1S/C30H30ClFN4O4/c31-21-6-4-19(25(32)16-21)14-22-2-1-3-29(33-22)40-23-8-11-35(12-9-23)18-28-34-26-7-5-20(30(37)38)15-27(26)36(28)17-24-10-13-39-24/h1-7,15-16,23-24H,8-14,17-18H2,(H,37,38). The summed E-state index contributed by atoms with van der Waals surface area (Å²) in [4.78, 5) is 23.4. The number of carbonyl (C=O) groups is 1. The maximum Gasteiger partial charge on any atom is 0.335 e. The number of carboxylic acid groups (broad SMARTS) is 1. The molecule has 0 bridgehead atoms. The van der Waals surface area contributed by atoms with E-state index in [0.717, 1.165) is 61.5 Å². The van der Waals surface area contributed by atoms with Crippen LogP contribution in [-0.4, -0.2) is 62.4 Å². The minimum Gasteiger partial charge on any atom is -0.478 e. The van der Waals surface area contributed by atoms with Gasteiger partial charge in [0.25, 0.3) is 0 Å². The van der Waals surface area contributed by atoms with Crippen molar-refractivity contribution in [2.45, 2.75) is 51.0 Å². The van der Waals surface area contributed by atoms with Gasteiger partial charge >= 0.3 is 5.97 Å². The monoisotopic (exact) mass is 564 g/mol. The summed E-state index contributed by atoms with van der Waals surface area (Å²) in [5.74, 6) is 0.164. The Morgan fingerprint density at radius 2 is 1.93 bits per heavy atom. The lowest BCUT2D eigenvalue weighted by Crippen LogP contribution is -2.39. The highest BCUT2D eigenvalue weighted by atomic mass is 35.5. The first-order valence-corrected chi connectivity index (χ1v) is 13.9. The van der Waals surface area contributed by atoms with Crippen LogP contribution in [0.25, 0.3) is 11.0 Å². The average Bonchev–Trinajstić information content (AvgIpc) is 3.25. The molecule has 0 spiro atoms. The molecule has 0 aliphatic carbocycles. The number of imidazole rings is 1. The number of hydrogen-bond donors (Lipinski definition) is 1. The summed E-state index contributed by atoms with van der Waals surface area (Å²) in [7, 11) is 0. The topological polar surface area (TPSA) is 89.7 Å². The molecule has 4 aromatic rings. The predicted molar refractivity (Wildman–Crippen MR) is 148 cm³/mol. The predicted octanol–water partition coefficient (Wildman–Crippen LogP) is 5.35. The van der Waals surface area contributed by atoms with Crippen LogP contribution in [0.3, 0.4) is 0 Å². The molecule has 1 unspecified atom stereocenters. The first-order chi connectivity index (χ1) is 19.4. The van der Waals surface area contributed by atoms with Crippen LogP contribution in [-0.2, 0) is 24.2 Å². The van der Waals surface area contributed by atoms with Crippen molar-refractivity contribution in [3.05, 3.63) is 88.1 Å². The normalized spacial score (nSPS) is 18.1. The number of ether oxygens (including phenoxy) is 2. The van der Waals surface area contributed by atoms with Crippen molar-refractivity contribution in [2.75, 3.05) is 19.7 Å². The van der Waals surface area contributed by atoms with Gasteiger partial charge in [0, 0.05) is 42.9 Å². The van der Waals surface area contributed by atoms with Gasteiger partial charge in [-0.3, -0.25) is 4.90 Å². The Kier molecular flexibility index (Phi) is 7.69. The molecule has 2 aromatic heterocycles. The molecule has 1 N–H and O–H groups in total. The maximum absolute atomic E-state index is 14.2. The molecule has 6 rings (SSSR count). The molecular weight excluding hydrogens is 535 g/mol. The molecule has 1 atom stereocenters. The Labute approximate surface area is 236 Å². The van der Waals surface area contributed by atoms with Crippen LogP contribution < -0.4 is 4.74 Å². The molecule has 2 aromatic carbocycles. The smallest absolute Gasteiger partial charge is 0.335 e. The van der Waals surface area contributed by atoms with Crippen molar-refractivity contribution in [3.63, 3.8) is 0 Å². The van der Waals surface area contributed by atoms with E-state index in [4.69, 9.17) is 26.1 Å². The second kappa shape index (κ2) is 11.5. The lowest BCUT2D eigenvalue weighted by Gasteiger charge is -2.32. The zero-order valence-electron chi connectivity index (χ0n) is 21.9. The fraction of sp³-hybridized carbons (Fsp3) is 0.367. The molecule has 0 radical (unpaired) electrons. The number of aromatic carboxylic acids is 1. The fourth-order valence-electron chi connectivity index (χ4n) is 5.30. The third-order valence-corrected chi connectivity index (χ3v) is 7.84. The average molecular weight is 565 g/mol. The van der Waals surface area contributed by atoms with Crippen molar-refractivity contribution in [1.29, 1.82) is 0 Å². The van der Waals surface area contributed by atoms with Gasteiger partial charge in [0.1, 0.15) is 17.7 Å². The summed E-state index contributed by atoms with van der Waals surface area (Å²) in [6.45, 7) is 3.76. The molecule has 10 heteroatoms. The van der Waals surface area contributed by atoms with E-state index in [2.05, 4.69) is 14.5 Å². The van der Waals surface area contributed by atoms with Gasteiger partial charge in [-0.1, -0.05) is 23.7 Å². The van der Waals surface area contributed by atoms with Crippen molar-refractivity contribution in [1.82, 2.24) is 19.4 Å². The molecule has 40 heavy (non-hydrogen) atoms. The van der Waals surface area contributed by atoms with Gasteiger partial charge in [-0.25, -0.2) is 19.2 Å². The zero-order chi connectivity index (χ0) is 27.6. The SMILES string of the molecule is O=C(O)c1ccc2nc(CN3CCC(Oc4cccc(Cc5ccc(Cl)cc5F)n4)CC3)n(CC3CCO3)c2c1. The maximum atomic E-state index is 14.2. The minimum absolute atomic E-state index is 0.0339. The van der Waals surface area contributed by atoms with Crippen molar-refractivity contribution in [2.24, 2.45) is 0 Å². The van der Waals surface area contributed by atoms with E-state index in [0.29, 0.717) is 36.0 Å². The van der Waals surface area contributed by atoms with Gasteiger partial charge in [0.2, 0.25) is 5.88 Å². The van der Waals surface area contributed by atoms with Gasteiger partial charge < -0.3 is 19.1 Å². The van der Waals surface area contributed by atoms with E-state index in [1.54, 1.807) is 30.3 Å². The van der Waals surface area contributed by atoms with Gasteiger partial charge in [0.05, 0.1) is 35.8 Å². The Hall–Kier alpha value is -3.53. The van der Waals surface area contributed by atoms with Crippen LogP contribution >= 0.6 is 11.6 Å². The van der Waals surface area contributed by atoms with Crippen molar-refractivity contribution >= 4 is 28.6 Å². The fourth-order valence-corrected chi connectivity index (χ4v) is 5.46. The lowest BCUT2D eigenvalue weighted by molar-refractivity contribution is -0.0592. The van der Waals surface area contributed by atoms with Crippen LogP contribution in [0.1, 0.15) is 46.7 Å². The van der Waals surface area contributed by atoms with Gasteiger partial charge in [-0.2, -0.15) is 0 Å². The Morgan fingerprint density at radius 3 is 2.65 bits per heavy atom. The van der Waals surface area contributed by atoms with Crippen molar-refractivity contribution < 1.29 is 23.8 Å². The molecule has 2 fully saturated rings. The summed E-state index contributed by atoms with van der Waals surface area (Å²) in [6.07, 6.45) is 3.19. The zero-order valence-corrected chi connectivity index (χ0v) is 22.7. The number of benzene rings is 2. The van der Waals surface area contributed by atoms with Gasteiger partial charge in [-0.15, -0.1) is 0 Å². The summed E-state index contributed by atoms with van der Waals surface area (Å²) in [5.41, 5.74) is 3.15. The van der Waals surface area contributed by atoms with Crippen LogP contribution in [0.5, 0.6) is 5.88 Å². The summed E-state index contributed by atoms with van der Waals surface area (Å²) in [6, 6.07) is 15.3. The number of rotatable bonds is 9. The van der Waals surface area contributed by atoms with E-state index in [-0.39, 0.29) is 23.6 Å². The summed E-state index contributed by atoms with van der Waals surface area (Å²) >= 11 is 5.87. The van der Waals surface area contributed by atoms with E-state index >= 15 is 0 Å². The van der Waals surface area contributed by atoms with E-state index in [9.17, 15) is 14.3 Å². The van der Waals surface area contributed by atoms with Crippen LogP contribution in [0.15, 0.2) is 54.6 Å². The molecular formula is C30H30ClFN4O4. The number of pyridine rings is 1. The Morgan fingerprint density at radius 1 is 1.10 bits per heavy atom. The van der Waals surface area contributed by atoms with E-state index in [1.165, 1.54) is 6.07 Å². The summed E-state index contributed by atoms with van der Waals surface area (Å²) in [5, 5.41) is 9.85.